The minimum absolute atomic E-state index is 0.145. The summed E-state index contributed by atoms with van der Waals surface area (Å²) in [4.78, 5) is 11.8. The Hall–Kier alpha value is -2.09. The van der Waals surface area contributed by atoms with Crippen LogP contribution < -0.4 is 4.74 Å². The highest BCUT2D eigenvalue weighted by atomic mass is 16.5. The first-order chi connectivity index (χ1) is 14.5. The van der Waals surface area contributed by atoms with Crippen LogP contribution in [0.15, 0.2) is 48.5 Å². The van der Waals surface area contributed by atoms with Crippen molar-refractivity contribution in [3.05, 3.63) is 54.1 Å². The minimum atomic E-state index is -0.145. The smallest absolute Gasteiger partial charge is 0.311 e. The van der Waals surface area contributed by atoms with E-state index in [4.69, 9.17) is 4.74 Å². The molecule has 0 aromatic heterocycles. The summed E-state index contributed by atoms with van der Waals surface area (Å²) < 4.78 is 5.41. The molecule has 0 atom stereocenters. The lowest BCUT2D eigenvalue weighted by Gasteiger charge is -2.29. The second-order valence-electron chi connectivity index (χ2n) is 9.41. The van der Waals surface area contributed by atoms with Gasteiger partial charge < -0.3 is 4.74 Å². The second-order valence-corrected chi connectivity index (χ2v) is 9.41. The quantitative estimate of drug-likeness (QED) is 0.310. The number of rotatable bonds is 9. The number of carbonyl (C=O) groups is 1. The topological polar surface area (TPSA) is 26.3 Å². The number of hydrogen-bond donors (Lipinski definition) is 0. The number of esters is 1. The Labute approximate surface area is 183 Å². The van der Waals surface area contributed by atoms with E-state index >= 15 is 0 Å². The summed E-state index contributed by atoms with van der Waals surface area (Å²) in [7, 11) is 0. The molecular weight excluding hydrogens is 368 g/mol. The molecule has 2 aromatic rings. The zero-order valence-corrected chi connectivity index (χ0v) is 19.0. The molecule has 0 aliphatic heterocycles. The third-order valence-electron chi connectivity index (χ3n) is 6.53. The van der Waals surface area contributed by atoms with E-state index in [1.807, 2.05) is 24.3 Å². The van der Waals surface area contributed by atoms with Gasteiger partial charge in [0.25, 0.3) is 0 Å². The molecule has 0 saturated heterocycles. The SMILES string of the molecule is CCCCC(=O)Oc1ccc(-c2ccc(C3CCC(CCC(C)C)CC3)cc2)cc1. The number of carbonyl (C=O) groups excluding carboxylic acids is 1. The van der Waals surface area contributed by atoms with E-state index in [1.165, 1.54) is 49.7 Å². The van der Waals surface area contributed by atoms with Gasteiger partial charge in [0, 0.05) is 6.42 Å². The lowest BCUT2D eigenvalue weighted by molar-refractivity contribution is -0.134. The van der Waals surface area contributed by atoms with E-state index < -0.39 is 0 Å². The van der Waals surface area contributed by atoms with Gasteiger partial charge in [0.2, 0.25) is 0 Å². The first kappa shape index (κ1) is 22.6. The number of benzene rings is 2. The highest BCUT2D eigenvalue weighted by molar-refractivity contribution is 5.73. The van der Waals surface area contributed by atoms with Crippen molar-refractivity contribution in [2.75, 3.05) is 0 Å². The number of hydrogen-bond acceptors (Lipinski definition) is 2. The summed E-state index contributed by atoms with van der Waals surface area (Å²) in [6.45, 7) is 6.74. The van der Waals surface area contributed by atoms with Crippen molar-refractivity contribution in [1.82, 2.24) is 0 Å². The molecular formula is C28H38O2. The maximum absolute atomic E-state index is 11.8. The van der Waals surface area contributed by atoms with Crippen LogP contribution in [0.4, 0.5) is 0 Å². The predicted molar refractivity (Wildman–Crippen MR) is 126 cm³/mol. The molecule has 0 N–H and O–H groups in total. The zero-order chi connectivity index (χ0) is 21.3. The van der Waals surface area contributed by atoms with Gasteiger partial charge in [-0.3, -0.25) is 4.79 Å². The van der Waals surface area contributed by atoms with Crippen molar-refractivity contribution >= 4 is 5.97 Å². The van der Waals surface area contributed by atoms with Crippen molar-refractivity contribution in [2.45, 2.75) is 84.5 Å². The molecule has 0 unspecified atom stereocenters. The fraction of sp³-hybridized carbons (Fsp3) is 0.536. The zero-order valence-electron chi connectivity index (χ0n) is 19.0. The van der Waals surface area contributed by atoms with E-state index in [1.54, 1.807) is 0 Å². The first-order valence-corrected chi connectivity index (χ1v) is 12.0. The molecule has 0 bridgehead atoms. The summed E-state index contributed by atoms with van der Waals surface area (Å²) in [5, 5.41) is 0. The molecule has 0 heterocycles. The second kappa shape index (κ2) is 11.3. The predicted octanol–water partition coefficient (Wildman–Crippen LogP) is 8.16. The summed E-state index contributed by atoms with van der Waals surface area (Å²) in [5.74, 6) is 2.98. The fourth-order valence-electron chi connectivity index (χ4n) is 4.52. The van der Waals surface area contributed by atoms with Gasteiger partial charge in [-0.2, -0.15) is 0 Å². The summed E-state index contributed by atoms with van der Waals surface area (Å²) in [5.41, 5.74) is 3.86. The van der Waals surface area contributed by atoms with Crippen LogP contribution in [0.1, 0.15) is 90.0 Å². The Morgan fingerprint density at radius 2 is 1.53 bits per heavy atom. The molecule has 162 valence electrons. The molecule has 0 amide bonds. The van der Waals surface area contributed by atoms with Crippen LogP contribution in [0.2, 0.25) is 0 Å². The van der Waals surface area contributed by atoms with E-state index in [-0.39, 0.29) is 5.97 Å². The maximum Gasteiger partial charge on any atom is 0.311 e. The Kier molecular flexibility index (Phi) is 8.54. The van der Waals surface area contributed by atoms with Crippen molar-refractivity contribution in [2.24, 2.45) is 11.8 Å². The Morgan fingerprint density at radius 3 is 2.10 bits per heavy atom. The van der Waals surface area contributed by atoms with Gasteiger partial charge in [0.15, 0.2) is 0 Å². The molecule has 3 rings (SSSR count). The molecule has 1 aliphatic rings. The van der Waals surface area contributed by atoms with Crippen LogP contribution in [0.3, 0.4) is 0 Å². The molecule has 1 aliphatic carbocycles. The highest BCUT2D eigenvalue weighted by Gasteiger charge is 2.22. The van der Waals surface area contributed by atoms with Crippen LogP contribution in [-0.2, 0) is 4.79 Å². The molecule has 2 aromatic carbocycles. The largest absolute Gasteiger partial charge is 0.427 e. The van der Waals surface area contributed by atoms with Gasteiger partial charge in [0.05, 0.1) is 0 Å². The number of unbranched alkanes of at least 4 members (excludes halogenated alkanes) is 1. The summed E-state index contributed by atoms with van der Waals surface area (Å²) in [6.07, 6.45) is 10.6. The van der Waals surface area contributed by atoms with Crippen molar-refractivity contribution in [1.29, 1.82) is 0 Å². The van der Waals surface area contributed by atoms with Crippen LogP contribution in [-0.4, -0.2) is 5.97 Å². The monoisotopic (exact) mass is 406 g/mol. The highest BCUT2D eigenvalue weighted by Crippen LogP contribution is 2.38. The molecule has 1 saturated carbocycles. The molecule has 1 fully saturated rings. The average Bonchev–Trinajstić information content (AvgIpc) is 2.77. The molecule has 30 heavy (non-hydrogen) atoms. The van der Waals surface area contributed by atoms with E-state index in [2.05, 4.69) is 45.0 Å². The van der Waals surface area contributed by atoms with Gasteiger partial charge >= 0.3 is 5.97 Å². The average molecular weight is 407 g/mol. The van der Waals surface area contributed by atoms with E-state index in [0.29, 0.717) is 12.2 Å². The lowest BCUT2D eigenvalue weighted by Crippen LogP contribution is -2.14. The van der Waals surface area contributed by atoms with E-state index in [0.717, 1.165) is 36.2 Å². The fourth-order valence-corrected chi connectivity index (χ4v) is 4.52. The van der Waals surface area contributed by atoms with Crippen LogP contribution >= 0.6 is 0 Å². The van der Waals surface area contributed by atoms with Gasteiger partial charge in [-0.25, -0.2) is 0 Å². The number of ether oxygens (including phenoxy) is 1. The Morgan fingerprint density at radius 1 is 0.933 bits per heavy atom. The standard InChI is InChI=1S/C28H38O2/c1-4-5-6-28(29)30-27-19-17-26(18-20-27)25-15-13-24(14-16-25)23-11-9-22(10-12-23)8-7-21(2)3/h13-23H,4-12H2,1-3H3. The van der Waals surface area contributed by atoms with Gasteiger partial charge in [-0.1, -0.05) is 76.4 Å². The van der Waals surface area contributed by atoms with E-state index in [9.17, 15) is 4.79 Å². The van der Waals surface area contributed by atoms with Crippen LogP contribution in [0.5, 0.6) is 5.75 Å². The van der Waals surface area contributed by atoms with Crippen molar-refractivity contribution < 1.29 is 9.53 Å². The lowest BCUT2D eigenvalue weighted by atomic mass is 9.76. The normalized spacial score (nSPS) is 19.1. The third-order valence-corrected chi connectivity index (χ3v) is 6.53. The van der Waals surface area contributed by atoms with Gasteiger partial charge in [0.1, 0.15) is 5.75 Å². The Bertz CT molecular complexity index is 765. The molecule has 0 spiro atoms. The summed E-state index contributed by atoms with van der Waals surface area (Å²) in [6, 6.07) is 17.0. The van der Waals surface area contributed by atoms with Gasteiger partial charge in [-0.05, 0) is 78.7 Å². The van der Waals surface area contributed by atoms with Crippen molar-refractivity contribution in [3.63, 3.8) is 0 Å². The van der Waals surface area contributed by atoms with Crippen molar-refractivity contribution in [3.8, 4) is 16.9 Å². The molecule has 2 heteroatoms. The summed E-state index contributed by atoms with van der Waals surface area (Å²) >= 11 is 0. The molecule has 0 radical (unpaired) electrons. The molecule has 2 nitrogen and oxygen atoms in total. The maximum atomic E-state index is 11.8. The Balaban J connectivity index is 1.52. The first-order valence-electron chi connectivity index (χ1n) is 12.0. The van der Waals surface area contributed by atoms with Crippen LogP contribution in [0.25, 0.3) is 11.1 Å². The minimum Gasteiger partial charge on any atom is -0.427 e. The third kappa shape index (κ3) is 6.72. The van der Waals surface area contributed by atoms with Crippen LogP contribution in [0, 0.1) is 11.8 Å². The van der Waals surface area contributed by atoms with Gasteiger partial charge in [-0.15, -0.1) is 0 Å².